The van der Waals surface area contributed by atoms with E-state index in [1.165, 1.54) is 0 Å². The fourth-order valence-corrected chi connectivity index (χ4v) is 2.75. The number of hydrogen-bond acceptors (Lipinski definition) is 5. The molecular formula is C10H12BrN3OS. The highest BCUT2D eigenvalue weighted by atomic mass is 79.9. The van der Waals surface area contributed by atoms with E-state index in [0.717, 1.165) is 27.4 Å². The molecule has 0 saturated carbocycles. The van der Waals surface area contributed by atoms with Gasteiger partial charge in [0.2, 0.25) is 0 Å². The number of hydrazine groups is 1. The summed E-state index contributed by atoms with van der Waals surface area (Å²) in [5, 5.41) is 3.07. The van der Waals surface area contributed by atoms with Crippen LogP contribution < -0.4 is 11.3 Å². The van der Waals surface area contributed by atoms with E-state index in [9.17, 15) is 0 Å². The minimum absolute atomic E-state index is 0.0603. The number of nitrogens with two attached hydrogens (primary N) is 1. The minimum atomic E-state index is -0.0603. The monoisotopic (exact) mass is 301 g/mol. The number of halogens is 1. The van der Waals surface area contributed by atoms with E-state index >= 15 is 0 Å². The Labute approximate surface area is 106 Å². The third-order valence-corrected chi connectivity index (χ3v) is 3.85. The zero-order valence-electron chi connectivity index (χ0n) is 8.74. The van der Waals surface area contributed by atoms with Crippen LogP contribution in [0.15, 0.2) is 26.6 Å². The van der Waals surface area contributed by atoms with E-state index in [1.807, 2.05) is 18.4 Å². The van der Waals surface area contributed by atoms with Gasteiger partial charge in [0.1, 0.15) is 5.76 Å². The van der Waals surface area contributed by atoms with Gasteiger partial charge in [-0.05, 0) is 28.9 Å². The van der Waals surface area contributed by atoms with Gasteiger partial charge in [0, 0.05) is 17.5 Å². The molecule has 16 heavy (non-hydrogen) atoms. The van der Waals surface area contributed by atoms with Crippen LogP contribution in [0.5, 0.6) is 0 Å². The summed E-state index contributed by atoms with van der Waals surface area (Å²) in [6.45, 7) is 1.98. The Kier molecular flexibility index (Phi) is 3.75. The highest BCUT2D eigenvalue weighted by molar-refractivity contribution is 9.10. The summed E-state index contributed by atoms with van der Waals surface area (Å²) in [4.78, 5) is 4.40. The van der Waals surface area contributed by atoms with Crippen LogP contribution in [0.2, 0.25) is 0 Å². The molecule has 0 fully saturated rings. The predicted molar refractivity (Wildman–Crippen MR) is 67.0 cm³/mol. The third-order valence-electron chi connectivity index (χ3n) is 2.21. The lowest BCUT2D eigenvalue weighted by Crippen LogP contribution is -2.29. The van der Waals surface area contributed by atoms with Crippen molar-refractivity contribution in [2.24, 2.45) is 5.84 Å². The van der Waals surface area contributed by atoms with Crippen LogP contribution in [-0.4, -0.2) is 4.98 Å². The summed E-state index contributed by atoms with van der Waals surface area (Å²) in [5.74, 6) is 6.33. The van der Waals surface area contributed by atoms with Crippen LogP contribution >= 0.6 is 27.3 Å². The standard InChI is InChI=1S/C10H12BrN3OS/c1-6-5-16-9(13-6)4-8(14-12)10-7(11)2-3-15-10/h2-3,5,8,14H,4,12H2,1H3. The summed E-state index contributed by atoms with van der Waals surface area (Å²) >= 11 is 5.05. The number of rotatable bonds is 4. The SMILES string of the molecule is Cc1csc(CC(NN)c2occc2Br)n1. The number of thiazole rings is 1. The quantitative estimate of drug-likeness (QED) is 0.673. The predicted octanol–water partition coefficient (Wildman–Crippen LogP) is 2.55. The Bertz CT molecular complexity index is 468. The minimum Gasteiger partial charge on any atom is -0.466 e. The molecule has 0 spiro atoms. The van der Waals surface area contributed by atoms with Crippen molar-refractivity contribution in [3.8, 4) is 0 Å². The van der Waals surface area contributed by atoms with Gasteiger partial charge in [0.15, 0.2) is 0 Å². The van der Waals surface area contributed by atoms with Crippen molar-refractivity contribution < 1.29 is 4.42 Å². The van der Waals surface area contributed by atoms with E-state index in [2.05, 4.69) is 26.3 Å². The van der Waals surface area contributed by atoms with Crippen molar-refractivity contribution in [3.63, 3.8) is 0 Å². The van der Waals surface area contributed by atoms with Crippen LogP contribution in [0.25, 0.3) is 0 Å². The molecule has 0 bridgehead atoms. The van der Waals surface area contributed by atoms with Crippen molar-refractivity contribution in [3.05, 3.63) is 38.6 Å². The fraction of sp³-hybridized carbons (Fsp3) is 0.300. The van der Waals surface area contributed by atoms with E-state index < -0.39 is 0 Å². The number of nitrogens with zero attached hydrogens (tertiary/aromatic N) is 1. The number of aryl methyl sites for hydroxylation is 1. The Morgan fingerprint density at radius 2 is 2.50 bits per heavy atom. The first-order chi connectivity index (χ1) is 7.70. The molecule has 1 atom stereocenters. The van der Waals surface area contributed by atoms with Gasteiger partial charge in [-0.15, -0.1) is 11.3 Å². The smallest absolute Gasteiger partial charge is 0.136 e. The molecule has 0 aliphatic carbocycles. The van der Waals surface area contributed by atoms with E-state index in [-0.39, 0.29) is 6.04 Å². The van der Waals surface area contributed by atoms with Gasteiger partial charge in [-0.3, -0.25) is 5.84 Å². The summed E-state index contributed by atoms with van der Waals surface area (Å²) in [5.41, 5.74) is 3.78. The molecule has 2 aromatic heterocycles. The Morgan fingerprint density at radius 1 is 1.69 bits per heavy atom. The second-order valence-corrected chi connectivity index (χ2v) is 5.24. The van der Waals surface area contributed by atoms with Crippen LogP contribution in [0.4, 0.5) is 0 Å². The van der Waals surface area contributed by atoms with Gasteiger partial charge in [-0.1, -0.05) is 0 Å². The van der Waals surface area contributed by atoms with E-state index in [0.29, 0.717) is 0 Å². The van der Waals surface area contributed by atoms with Crippen LogP contribution in [0.1, 0.15) is 22.5 Å². The lowest BCUT2D eigenvalue weighted by Gasteiger charge is -2.12. The summed E-state index contributed by atoms with van der Waals surface area (Å²) in [6, 6.07) is 1.79. The van der Waals surface area contributed by atoms with Crippen molar-refractivity contribution in [2.45, 2.75) is 19.4 Å². The summed E-state index contributed by atoms with van der Waals surface area (Å²) in [7, 11) is 0. The topological polar surface area (TPSA) is 64.1 Å². The molecule has 4 nitrogen and oxygen atoms in total. The van der Waals surface area contributed by atoms with Gasteiger partial charge in [0.05, 0.1) is 21.8 Å². The normalized spacial score (nSPS) is 12.9. The molecular weight excluding hydrogens is 290 g/mol. The van der Waals surface area contributed by atoms with Gasteiger partial charge < -0.3 is 4.42 Å². The molecule has 0 aliphatic heterocycles. The summed E-state index contributed by atoms with van der Waals surface area (Å²) in [6.07, 6.45) is 2.36. The lowest BCUT2D eigenvalue weighted by molar-refractivity contribution is 0.413. The molecule has 1 unspecified atom stereocenters. The molecule has 86 valence electrons. The average Bonchev–Trinajstić information content (AvgIpc) is 2.84. The second-order valence-electron chi connectivity index (χ2n) is 3.44. The first kappa shape index (κ1) is 11.8. The van der Waals surface area contributed by atoms with Crippen molar-refractivity contribution in [1.29, 1.82) is 0 Å². The highest BCUT2D eigenvalue weighted by Crippen LogP contribution is 2.27. The Hall–Kier alpha value is -0.690. The molecule has 0 aromatic carbocycles. The highest BCUT2D eigenvalue weighted by Gasteiger charge is 2.18. The Balaban J connectivity index is 2.15. The van der Waals surface area contributed by atoms with Gasteiger partial charge in [-0.2, -0.15) is 0 Å². The first-order valence-electron chi connectivity index (χ1n) is 4.80. The van der Waals surface area contributed by atoms with Gasteiger partial charge in [0.25, 0.3) is 0 Å². The summed E-state index contributed by atoms with van der Waals surface area (Å²) < 4.78 is 6.30. The number of hydrogen-bond donors (Lipinski definition) is 2. The van der Waals surface area contributed by atoms with Crippen LogP contribution in [0, 0.1) is 6.92 Å². The third kappa shape index (κ3) is 2.52. The lowest BCUT2D eigenvalue weighted by atomic mass is 10.2. The number of aromatic nitrogens is 1. The maximum Gasteiger partial charge on any atom is 0.136 e. The molecule has 2 rings (SSSR count). The number of furan rings is 1. The van der Waals surface area contributed by atoms with E-state index in [4.69, 9.17) is 10.3 Å². The van der Waals surface area contributed by atoms with Crippen molar-refractivity contribution in [1.82, 2.24) is 10.4 Å². The Morgan fingerprint density at radius 3 is 3.00 bits per heavy atom. The van der Waals surface area contributed by atoms with E-state index in [1.54, 1.807) is 17.6 Å². The van der Waals surface area contributed by atoms with Crippen molar-refractivity contribution >= 4 is 27.3 Å². The zero-order chi connectivity index (χ0) is 11.5. The maximum atomic E-state index is 5.53. The largest absolute Gasteiger partial charge is 0.466 e. The van der Waals surface area contributed by atoms with Crippen LogP contribution in [0.3, 0.4) is 0 Å². The molecule has 0 aliphatic rings. The van der Waals surface area contributed by atoms with Crippen LogP contribution in [-0.2, 0) is 6.42 Å². The van der Waals surface area contributed by atoms with Gasteiger partial charge >= 0.3 is 0 Å². The first-order valence-corrected chi connectivity index (χ1v) is 6.48. The number of nitrogens with one attached hydrogen (secondary N) is 1. The maximum absolute atomic E-state index is 5.53. The molecule has 2 aromatic rings. The average molecular weight is 302 g/mol. The second kappa shape index (κ2) is 5.09. The molecule has 0 saturated heterocycles. The zero-order valence-corrected chi connectivity index (χ0v) is 11.1. The fourth-order valence-electron chi connectivity index (χ4n) is 1.45. The van der Waals surface area contributed by atoms with Crippen molar-refractivity contribution in [2.75, 3.05) is 0 Å². The molecule has 0 amide bonds. The molecule has 2 heterocycles. The molecule has 0 radical (unpaired) electrons. The van der Waals surface area contributed by atoms with Gasteiger partial charge in [-0.25, -0.2) is 10.4 Å². The molecule has 3 N–H and O–H groups in total. The molecule has 6 heteroatoms.